The SMILES string of the molecule is CCC/C(OS(=O)(=O)C(F)(F)F)=C(/CCC)[I+]c1ccccc1. The van der Waals surface area contributed by atoms with E-state index in [0.717, 1.165) is 3.57 Å². The Bertz CT molecular complexity index is 625. The zero-order valence-electron chi connectivity index (χ0n) is 12.9. The van der Waals surface area contributed by atoms with Crippen molar-refractivity contribution in [3.8, 4) is 0 Å². The van der Waals surface area contributed by atoms with Gasteiger partial charge in [-0.1, -0.05) is 32.0 Å². The number of hydrogen-bond acceptors (Lipinski definition) is 3. The molecule has 8 heteroatoms. The summed E-state index contributed by atoms with van der Waals surface area (Å²) in [7, 11) is -5.62. The molecule has 1 rings (SSSR count). The third-order valence-corrected chi connectivity index (χ3v) is 6.82. The van der Waals surface area contributed by atoms with Gasteiger partial charge in [-0.15, -0.1) is 0 Å². The fourth-order valence-corrected chi connectivity index (χ4v) is 5.41. The van der Waals surface area contributed by atoms with Crippen LogP contribution >= 0.6 is 0 Å². The van der Waals surface area contributed by atoms with E-state index in [-0.39, 0.29) is 12.2 Å². The predicted octanol–water partition coefficient (Wildman–Crippen LogP) is 1.62. The minimum Gasteiger partial charge on any atom is -0.376 e. The van der Waals surface area contributed by atoms with E-state index in [1.54, 1.807) is 6.92 Å². The molecule has 0 aliphatic heterocycles. The molecular weight excluding hydrogens is 444 g/mol. The van der Waals surface area contributed by atoms with Crippen LogP contribution in [0.25, 0.3) is 0 Å². The van der Waals surface area contributed by atoms with E-state index >= 15 is 0 Å². The van der Waals surface area contributed by atoms with Crippen LogP contribution in [0.2, 0.25) is 0 Å². The van der Waals surface area contributed by atoms with Gasteiger partial charge in [-0.3, -0.25) is 0 Å². The lowest BCUT2D eigenvalue weighted by Gasteiger charge is -2.12. The molecule has 0 saturated heterocycles. The van der Waals surface area contributed by atoms with Crippen molar-refractivity contribution in [1.29, 1.82) is 0 Å². The molecule has 0 bridgehead atoms. The average molecular weight is 463 g/mol. The molecule has 0 atom stereocenters. The molecule has 0 aromatic heterocycles. The van der Waals surface area contributed by atoms with Gasteiger partial charge in [-0.05, 0) is 25.0 Å². The van der Waals surface area contributed by atoms with Gasteiger partial charge in [0, 0.05) is 12.8 Å². The van der Waals surface area contributed by atoms with Crippen molar-refractivity contribution in [1.82, 2.24) is 0 Å². The fourth-order valence-electron chi connectivity index (χ4n) is 1.70. The Hall–Kier alpha value is -0.770. The molecule has 0 heterocycles. The average Bonchev–Trinajstić information content (AvgIpc) is 2.46. The first kappa shape index (κ1) is 20.3. The van der Waals surface area contributed by atoms with Gasteiger partial charge in [0.15, 0.2) is 9.33 Å². The van der Waals surface area contributed by atoms with E-state index in [2.05, 4.69) is 4.18 Å². The quantitative estimate of drug-likeness (QED) is 0.255. The summed E-state index contributed by atoms with van der Waals surface area (Å²) in [5.41, 5.74) is -5.41. The predicted molar refractivity (Wildman–Crippen MR) is 78.0 cm³/mol. The molecule has 130 valence electrons. The van der Waals surface area contributed by atoms with Crippen LogP contribution in [-0.4, -0.2) is 13.9 Å². The zero-order valence-corrected chi connectivity index (χ0v) is 15.8. The standard InChI is InChI=1S/C15H19F3IO3S/c1-3-8-13(19-12-10-6-5-7-11-12)14(9-4-2)22-23(20,21)15(16,17)18/h5-7,10-11H,3-4,8-9H2,1-2H3/q+1/b14-13+. The van der Waals surface area contributed by atoms with Gasteiger partial charge in [0.1, 0.15) is 0 Å². The van der Waals surface area contributed by atoms with Crippen molar-refractivity contribution in [3.63, 3.8) is 0 Å². The van der Waals surface area contributed by atoms with Crippen molar-refractivity contribution in [2.45, 2.75) is 45.0 Å². The second-order valence-corrected chi connectivity index (χ2v) is 9.33. The molecule has 0 unspecified atom stereocenters. The molecule has 3 nitrogen and oxygen atoms in total. The Labute approximate surface area is 145 Å². The number of halogens is 4. The smallest absolute Gasteiger partial charge is 0.376 e. The van der Waals surface area contributed by atoms with Crippen LogP contribution in [0.15, 0.2) is 39.7 Å². The first-order chi connectivity index (χ1) is 10.7. The normalized spacial score (nSPS) is 13.6. The zero-order chi connectivity index (χ0) is 17.5. The third-order valence-electron chi connectivity index (χ3n) is 2.70. The second-order valence-electron chi connectivity index (χ2n) is 4.70. The van der Waals surface area contributed by atoms with E-state index in [9.17, 15) is 21.6 Å². The van der Waals surface area contributed by atoms with Crippen molar-refractivity contribution in [2.24, 2.45) is 0 Å². The van der Waals surface area contributed by atoms with Gasteiger partial charge in [-0.25, -0.2) is 0 Å². The molecule has 0 aliphatic rings. The van der Waals surface area contributed by atoms with Crippen LogP contribution in [0.5, 0.6) is 0 Å². The van der Waals surface area contributed by atoms with Crippen molar-refractivity contribution in [2.75, 3.05) is 0 Å². The Morgan fingerprint density at radius 2 is 1.65 bits per heavy atom. The van der Waals surface area contributed by atoms with Crippen LogP contribution in [0, 0.1) is 3.57 Å². The van der Waals surface area contributed by atoms with Crippen LogP contribution in [0.3, 0.4) is 0 Å². The van der Waals surface area contributed by atoms with Crippen molar-refractivity contribution >= 4 is 10.1 Å². The van der Waals surface area contributed by atoms with Crippen LogP contribution in [0.4, 0.5) is 13.2 Å². The molecule has 0 fully saturated rings. The molecule has 1 aromatic carbocycles. The van der Waals surface area contributed by atoms with Crippen molar-refractivity contribution in [3.05, 3.63) is 43.2 Å². The maximum Gasteiger partial charge on any atom is 0.534 e. The number of benzene rings is 1. The summed E-state index contributed by atoms with van der Waals surface area (Å²) in [5.74, 6) is -0.0386. The minimum absolute atomic E-state index is 0.0386. The van der Waals surface area contributed by atoms with Gasteiger partial charge < -0.3 is 4.18 Å². The van der Waals surface area contributed by atoms with E-state index in [1.165, 1.54) is 0 Å². The summed E-state index contributed by atoms with van der Waals surface area (Å²) < 4.78 is 66.6. The highest BCUT2D eigenvalue weighted by Crippen LogP contribution is 2.28. The molecule has 0 amide bonds. The Balaban J connectivity index is 3.18. The molecule has 0 N–H and O–H groups in total. The monoisotopic (exact) mass is 463 g/mol. The molecule has 0 radical (unpaired) electrons. The lowest BCUT2D eigenvalue weighted by atomic mass is 10.2. The molecular formula is C15H19F3IO3S+. The van der Waals surface area contributed by atoms with Crippen LogP contribution in [0.1, 0.15) is 39.5 Å². The Kier molecular flexibility index (Phi) is 7.85. The number of alkyl halides is 3. The van der Waals surface area contributed by atoms with Gasteiger partial charge in [0.2, 0.25) is 3.58 Å². The summed E-state index contributed by atoms with van der Waals surface area (Å²) in [6.45, 7) is 3.67. The van der Waals surface area contributed by atoms with Gasteiger partial charge >= 0.3 is 36.8 Å². The summed E-state index contributed by atoms with van der Waals surface area (Å²) in [5, 5.41) is 0. The molecule has 0 spiro atoms. The number of rotatable bonds is 8. The molecule has 23 heavy (non-hydrogen) atoms. The molecule has 1 aromatic rings. The van der Waals surface area contributed by atoms with Crippen molar-refractivity contribution < 1.29 is 47.0 Å². The van der Waals surface area contributed by atoms with Gasteiger partial charge in [-0.2, -0.15) is 21.6 Å². The summed E-state index contributed by atoms with van der Waals surface area (Å²) >= 11 is -0.767. The Morgan fingerprint density at radius 1 is 1.09 bits per heavy atom. The maximum atomic E-state index is 12.6. The number of hydrogen-bond donors (Lipinski definition) is 0. The Morgan fingerprint density at radius 3 is 2.13 bits per heavy atom. The topological polar surface area (TPSA) is 43.4 Å². The lowest BCUT2D eigenvalue weighted by Crippen LogP contribution is -3.61. The molecule has 0 saturated carbocycles. The molecule has 0 aliphatic carbocycles. The van der Waals surface area contributed by atoms with Gasteiger partial charge in [0.25, 0.3) is 0 Å². The highest BCUT2D eigenvalue weighted by molar-refractivity contribution is 7.87. The summed E-state index contributed by atoms with van der Waals surface area (Å²) in [6, 6.07) is 9.35. The van der Waals surface area contributed by atoms with E-state index in [1.807, 2.05) is 37.3 Å². The number of allylic oxidation sites excluding steroid dienone is 2. The summed E-state index contributed by atoms with van der Waals surface area (Å²) in [4.78, 5) is 0. The van der Waals surface area contributed by atoms with E-state index in [4.69, 9.17) is 0 Å². The third kappa shape index (κ3) is 6.33. The van der Waals surface area contributed by atoms with E-state index in [0.29, 0.717) is 22.8 Å². The first-order valence-corrected chi connectivity index (χ1v) is 10.7. The maximum absolute atomic E-state index is 12.6. The highest BCUT2D eigenvalue weighted by Gasteiger charge is 2.49. The lowest BCUT2D eigenvalue weighted by molar-refractivity contribution is -0.581. The van der Waals surface area contributed by atoms with Gasteiger partial charge in [0.05, 0.1) is 0 Å². The minimum atomic E-state index is -5.62. The first-order valence-electron chi connectivity index (χ1n) is 7.14. The fraction of sp³-hybridized carbons (Fsp3) is 0.467. The van der Waals surface area contributed by atoms with E-state index < -0.39 is 36.8 Å². The summed E-state index contributed by atoms with van der Waals surface area (Å²) in [6.07, 6.45) is 1.93. The largest absolute Gasteiger partial charge is 0.534 e. The van der Waals surface area contributed by atoms with Crippen LogP contribution < -0.4 is 21.2 Å². The highest BCUT2D eigenvalue weighted by atomic mass is 127. The van der Waals surface area contributed by atoms with Crippen LogP contribution in [-0.2, 0) is 14.3 Å². The second kappa shape index (κ2) is 8.91.